The van der Waals surface area contributed by atoms with Crippen LogP contribution in [-0.2, 0) is 22.9 Å². The maximum Gasteiger partial charge on any atom is 0.319 e. The van der Waals surface area contributed by atoms with Crippen LogP contribution >= 0.6 is 11.3 Å². The van der Waals surface area contributed by atoms with Gasteiger partial charge >= 0.3 is 6.03 Å². The van der Waals surface area contributed by atoms with Crippen LogP contribution in [-0.4, -0.2) is 31.1 Å². The summed E-state index contributed by atoms with van der Waals surface area (Å²) in [6, 6.07) is 8.53. The van der Waals surface area contributed by atoms with Gasteiger partial charge in [-0.25, -0.2) is 18.4 Å². The van der Waals surface area contributed by atoms with Gasteiger partial charge in [0.15, 0.2) is 0 Å². The van der Waals surface area contributed by atoms with Crippen molar-refractivity contribution in [3.8, 4) is 11.1 Å². The van der Waals surface area contributed by atoms with Crippen LogP contribution in [0, 0.1) is 0 Å². The lowest BCUT2D eigenvalue weighted by Gasteiger charge is -2.25. The van der Waals surface area contributed by atoms with Gasteiger partial charge in [-0.3, -0.25) is 4.98 Å². The number of thiazole rings is 1. The number of benzene rings is 2. The van der Waals surface area contributed by atoms with Gasteiger partial charge in [-0.15, -0.1) is 11.3 Å². The number of hydrogen-bond acceptors (Lipinski definition) is 7. The molecule has 9 nitrogen and oxygen atoms in total. The Morgan fingerprint density at radius 1 is 1.14 bits per heavy atom. The van der Waals surface area contributed by atoms with Gasteiger partial charge in [0.25, 0.3) is 0 Å². The highest BCUT2D eigenvalue weighted by Gasteiger charge is 2.30. The van der Waals surface area contributed by atoms with E-state index >= 15 is 0 Å². The Morgan fingerprint density at radius 3 is 2.46 bits per heavy atom. The van der Waals surface area contributed by atoms with E-state index in [9.17, 15) is 18.3 Å². The molecule has 0 bridgehead atoms. The second-order valence-electron chi connectivity index (χ2n) is 8.78. The van der Waals surface area contributed by atoms with Crippen LogP contribution in [0.15, 0.2) is 46.9 Å². The molecule has 37 heavy (non-hydrogen) atoms. The molecule has 1 heterocycles. The summed E-state index contributed by atoms with van der Waals surface area (Å²) >= 11 is 1.24. The summed E-state index contributed by atoms with van der Waals surface area (Å²) in [4.78, 5) is 17.2. The number of unbranched alkanes of at least 4 members (excludes halogenated alkanes) is 3. The van der Waals surface area contributed by atoms with Gasteiger partial charge in [0.05, 0.1) is 32.8 Å². The first kappa shape index (κ1) is 28.6. The summed E-state index contributed by atoms with van der Waals surface area (Å²) in [5.74, 6) is 0. The summed E-state index contributed by atoms with van der Waals surface area (Å²) in [7, 11) is -4.28. The zero-order chi connectivity index (χ0) is 27.0. The van der Waals surface area contributed by atoms with Crippen molar-refractivity contribution in [3.63, 3.8) is 0 Å². The number of primary sulfonamides is 1. The van der Waals surface area contributed by atoms with Gasteiger partial charge in [-0.1, -0.05) is 63.4 Å². The molecule has 0 aliphatic carbocycles. The zero-order valence-corrected chi connectivity index (χ0v) is 22.8. The van der Waals surface area contributed by atoms with Crippen LogP contribution in [0.2, 0.25) is 0 Å². The maximum absolute atomic E-state index is 13.0. The normalized spacial score (nSPS) is 12.3. The molecule has 7 N–H and O–H groups in total. The van der Waals surface area contributed by atoms with Crippen molar-refractivity contribution in [3.05, 3.63) is 58.0 Å². The number of hydrogen-bond donors (Lipinski definition) is 5. The van der Waals surface area contributed by atoms with Gasteiger partial charge in [0.1, 0.15) is 0 Å². The molecule has 0 fully saturated rings. The molecule has 2 amide bonds. The van der Waals surface area contributed by atoms with Crippen LogP contribution in [0.1, 0.15) is 61.6 Å². The Hall–Kier alpha value is -2.99. The van der Waals surface area contributed by atoms with Crippen LogP contribution in [0.3, 0.4) is 0 Å². The minimum atomic E-state index is -4.28. The summed E-state index contributed by atoms with van der Waals surface area (Å²) in [6.45, 7) is 4.48. The molecule has 0 radical (unpaired) electrons. The Bertz CT molecular complexity index is 1300. The van der Waals surface area contributed by atoms with Gasteiger partial charge in [0, 0.05) is 30.3 Å². The number of aliphatic hydroxyl groups excluding tert-OH is 1. The number of carbonyl (C=O) groups is 1. The van der Waals surface area contributed by atoms with E-state index < -0.39 is 22.2 Å². The number of anilines is 2. The van der Waals surface area contributed by atoms with E-state index in [0.717, 1.165) is 25.7 Å². The molecule has 11 heteroatoms. The van der Waals surface area contributed by atoms with E-state index in [1.807, 2.05) is 13.0 Å². The standard InChI is InChI=1S/C26H35N5O4S2/c1-3-5-6-10-13-30-26(33)31-24-18(4-2)22(17-11-8-7-9-12-17)25(37(28,34)35)19(23(24)27)14-20(32)21-15-29-16-36-21/h7-9,11-12,15-16,20,32H,3-6,10,13-14,27H2,1-2H3,(H2,28,34,35)(H2,30,31,33). The first-order valence-electron chi connectivity index (χ1n) is 12.4. The number of amides is 2. The van der Waals surface area contributed by atoms with Gasteiger partial charge < -0.3 is 21.5 Å². The van der Waals surface area contributed by atoms with Crippen molar-refractivity contribution in [2.75, 3.05) is 17.6 Å². The molecule has 2 aromatic carbocycles. The van der Waals surface area contributed by atoms with Gasteiger partial charge in [-0.2, -0.15) is 0 Å². The molecule has 200 valence electrons. The highest BCUT2D eigenvalue weighted by molar-refractivity contribution is 7.89. The molecule has 3 rings (SSSR count). The minimum absolute atomic E-state index is 0.0604. The summed E-state index contributed by atoms with van der Waals surface area (Å²) < 4.78 is 26.1. The number of nitrogen functional groups attached to an aromatic ring is 1. The molecular formula is C26H35N5O4S2. The number of aromatic nitrogens is 1. The summed E-state index contributed by atoms with van der Waals surface area (Å²) in [5, 5.41) is 22.4. The van der Waals surface area contributed by atoms with E-state index in [2.05, 4.69) is 22.5 Å². The Morgan fingerprint density at radius 2 is 1.86 bits per heavy atom. The molecule has 0 spiro atoms. The summed E-state index contributed by atoms with van der Waals surface area (Å²) in [5.41, 5.74) is 10.2. The molecule has 1 unspecified atom stereocenters. The zero-order valence-electron chi connectivity index (χ0n) is 21.2. The van der Waals surface area contributed by atoms with Crippen LogP contribution < -0.4 is 21.5 Å². The van der Waals surface area contributed by atoms with Crippen molar-refractivity contribution < 1.29 is 18.3 Å². The largest absolute Gasteiger partial charge is 0.397 e. The third-order valence-electron chi connectivity index (χ3n) is 6.13. The fourth-order valence-corrected chi connectivity index (χ4v) is 6.04. The van der Waals surface area contributed by atoms with Crippen molar-refractivity contribution in [2.24, 2.45) is 5.14 Å². The van der Waals surface area contributed by atoms with Crippen molar-refractivity contribution >= 4 is 38.8 Å². The highest BCUT2D eigenvalue weighted by atomic mass is 32.2. The lowest BCUT2D eigenvalue weighted by atomic mass is 9.90. The first-order chi connectivity index (χ1) is 17.7. The average molecular weight is 546 g/mol. The molecule has 1 aromatic heterocycles. The fraction of sp³-hybridized carbons (Fsp3) is 0.385. The number of rotatable bonds is 12. The Labute approximate surface area is 222 Å². The monoisotopic (exact) mass is 545 g/mol. The number of aliphatic hydroxyl groups is 1. The van der Waals surface area contributed by atoms with Gasteiger partial charge in [-0.05, 0) is 24.0 Å². The van der Waals surface area contributed by atoms with E-state index in [1.54, 1.807) is 29.8 Å². The molecule has 0 aliphatic rings. The minimum Gasteiger partial charge on any atom is -0.397 e. The van der Waals surface area contributed by atoms with Crippen molar-refractivity contribution in [2.45, 2.75) is 63.4 Å². The number of nitrogens with zero attached hydrogens (tertiary/aromatic N) is 1. The van der Waals surface area contributed by atoms with E-state index in [1.165, 1.54) is 17.5 Å². The Balaban J connectivity index is 2.17. The topological polar surface area (TPSA) is 160 Å². The lowest BCUT2D eigenvalue weighted by molar-refractivity contribution is 0.181. The smallest absolute Gasteiger partial charge is 0.319 e. The molecule has 3 aromatic rings. The first-order valence-corrected chi connectivity index (χ1v) is 14.8. The van der Waals surface area contributed by atoms with E-state index in [-0.39, 0.29) is 22.6 Å². The van der Waals surface area contributed by atoms with E-state index in [4.69, 9.17) is 10.9 Å². The van der Waals surface area contributed by atoms with E-state index in [0.29, 0.717) is 40.2 Å². The SMILES string of the molecule is CCCCCCNC(=O)Nc1c(N)c(CC(O)c2cncs2)c(S(N)(=O)=O)c(-c2ccccc2)c1CC. The van der Waals surface area contributed by atoms with Crippen LogP contribution in [0.5, 0.6) is 0 Å². The number of carbonyl (C=O) groups excluding carboxylic acids is 1. The van der Waals surface area contributed by atoms with Crippen LogP contribution in [0.25, 0.3) is 11.1 Å². The number of urea groups is 1. The molecule has 0 aliphatic heterocycles. The maximum atomic E-state index is 13.0. The summed E-state index contributed by atoms with van der Waals surface area (Å²) in [6.07, 6.45) is 4.76. The highest BCUT2D eigenvalue weighted by Crippen LogP contribution is 2.44. The predicted molar refractivity (Wildman–Crippen MR) is 149 cm³/mol. The third kappa shape index (κ3) is 7.07. The number of nitrogens with one attached hydrogen (secondary N) is 2. The molecule has 0 saturated heterocycles. The second-order valence-corrected chi connectivity index (χ2v) is 11.2. The molecular weight excluding hydrogens is 510 g/mol. The third-order valence-corrected chi connectivity index (χ3v) is 8.03. The number of nitrogens with two attached hydrogens (primary N) is 2. The Kier molecular flexibility index (Phi) is 10.0. The van der Waals surface area contributed by atoms with Crippen molar-refractivity contribution in [1.29, 1.82) is 0 Å². The van der Waals surface area contributed by atoms with Crippen molar-refractivity contribution in [1.82, 2.24) is 10.3 Å². The second kappa shape index (κ2) is 13.0. The van der Waals surface area contributed by atoms with Gasteiger partial charge in [0.2, 0.25) is 10.0 Å². The fourth-order valence-electron chi connectivity index (χ4n) is 4.37. The predicted octanol–water partition coefficient (Wildman–Crippen LogP) is 4.58. The quantitative estimate of drug-likeness (QED) is 0.165. The van der Waals surface area contributed by atoms with Crippen LogP contribution in [0.4, 0.5) is 16.2 Å². The lowest BCUT2D eigenvalue weighted by Crippen LogP contribution is -2.31. The average Bonchev–Trinajstić information content (AvgIpc) is 3.41. The molecule has 0 saturated carbocycles. The molecule has 1 atom stereocenters. The number of sulfonamides is 1.